The molecule has 39 heavy (non-hydrogen) atoms. The van der Waals surface area contributed by atoms with E-state index in [0.29, 0.717) is 24.6 Å². The summed E-state index contributed by atoms with van der Waals surface area (Å²) in [5.41, 5.74) is 11.1. The Morgan fingerprint density at radius 1 is 1.10 bits per heavy atom. The molecule has 1 atom stereocenters. The van der Waals surface area contributed by atoms with Crippen LogP contribution in [0.3, 0.4) is 0 Å². The number of piperidine rings is 1. The molecule has 5 heterocycles. The SMILES string of the molecule is C[C@@]1(N)CCCN(Cc2ccnc(C(=O)Nc3ccc(-c4cc5c(N6CCOCC6)ncnc5[nH]4)cc3)c2)C1. The Labute approximate surface area is 227 Å². The molecule has 4 aromatic rings. The molecule has 1 aromatic carbocycles. The number of anilines is 2. The van der Waals surface area contributed by atoms with E-state index in [1.807, 2.05) is 36.4 Å². The number of likely N-dealkylation sites (tertiary alicyclic amines) is 1. The van der Waals surface area contributed by atoms with Gasteiger partial charge in [-0.25, -0.2) is 9.97 Å². The molecule has 2 aliphatic heterocycles. The van der Waals surface area contributed by atoms with E-state index in [9.17, 15) is 4.79 Å². The molecule has 0 unspecified atom stereocenters. The van der Waals surface area contributed by atoms with Gasteiger partial charge in [-0.3, -0.25) is 14.7 Å². The third-order valence-corrected chi connectivity index (χ3v) is 7.44. The molecule has 0 radical (unpaired) electrons. The van der Waals surface area contributed by atoms with Gasteiger partial charge >= 0.3 is 0 Å². The molecule has 4 N–H and O–H groups in total. The number of carbonyl (C=O) groups excluding carboxylic acids is 1. The van der Waals surface area contributed by atoms with Crippen molar-refractivity contribution >= 4 is 28.4 Å². The predicted molar refractivity (Wildman–Crippen MR) is 152 cm³/mol. The van der Waals surface area contributed by atoms with Crippen molar-refractivity contribution in [3.05, 3.63) is 66.2 Å². The highest BCUT2D eigenvalue weighted by Gasteiger charge is 2.27. The summed E-state index contributed by atoms with van der Waals surface area (Å²) in [4.78, 5) is 34.2. The number of ether oxygens (including phenoxy) is 1. The zero-order chi connectivity index (χ0) is 26.8. The van der Waals surface area contributed by atoms with Gasteiger partial charge in [-0.15, -0.1) is 0 Å². The smallest absolute Gasteiger partial charge is 0.274 e. The fraction of sp³-hybridized carbons (Fsp3) is 0.379. The minimum atomic E-state index is -0.233. The summed E-state index contributed by atoms with van der Waals surface area (Å²) in [6, 6.07) is 13.7. The number of amides is 1. The standard InChI is InChI=1S/C29H34N8O2/c1-29(30)8-2-10-36(18-29)17-20-7-9-31-25(15-20)28(38)34-22-5-3-21(4-6-22)24-16-23-26(35-24)32-19-33-27(23)37-11-13-39-14-12-37/h3-7,9,15-16,19H,2,8,10-14,17-18,30H2,1H3,(H,34,38)(H,32,33,35)/t29-/m1/s1. The Bertz CT molecular complexity index is 1460. The molecule has 0 spiro atoms. The van der Waals surface area contributed by atoms with Crippen LogP contribution >= 0.6 is 0 Å². The molecule has 0 bridgehead atoms. The monoisotopic (exact) mass is 526 g/mol. The van der Waals surface area contributed by atoms with E-state index in [4.69, 9.17) is 10.5 Å². The first kappa shape index (κ1) is 25.4. The van der Waals surface area contributed by atoms with Gasteiger partial charge in [-0.2, -0.15) is 0 Å². The van der Waals surface area contributed by atoms with Crippen LogP contribution in [0.5, 0.6) is 0 Å². The molecule has 10 nitrogen and oxygen atoms in total. The Hall–Kier alpha value is -3.86. The van der Waals surface area contributed by atoms with Crippen LogP contribution in [-0.4, -0.2) is 75.7 Å². The Morgan fingerprint density at radius 3 is 2.72 bits per heavy atom. The van der Waals surface area contributed by atoms with Crippen LogP contribution in [0.1, 0.15) is 35.8 Å². The molecule has 0 saturated carbocycles. The highest BCUT2D eigenvalue weighted by molar-refractivity contribution is 6.03. The number of aromatic amines is 1. The molecule has 2 saturated heterocycles. The average molecular weight is 527 g/mol. The number of H-pyrrole nitrogens is 1. The van der Waals surface area contributed by atoms with Crippen LogP contribution in [0.2, 0.25) is 0 Å². The number of rotatable bonds is 6. The highest BCUT2D eigenvalue weighted by atomic mass is 16.5. The first-order valence-corrected chi connectivity index (χ1v) is 13.5. The number of pyridine rings is 1. The van der Waals surface area contributed by atoms with Crippen LogP contribution in [0.4, 0.5) is 11.5 Å². The van der Waals surface area contributed by atoms with Gasteiger partial charge in [0.05, 0.1) is 18.6 Å². The van der Waals surface area contributed by atoms with Gasteiger partial charge in [0.2, 0.25) is 0 Å². The summed E-state index contributed by atoms with van der Waals surface area (Å²) < 4.78 is 5.49. The molecule has 2 fully saturated rings. The van der Waals surface area contributed by atoms with Crippen LogP contribution in [-0.2, 0) is 11.3 Å². The zero-order valence-electron chi connectivity index (χ0n) is 22.2. The number of nitrogens with zero attached hydrogens (tertiary/aromatic N) is 5. The first-order chi connectivity index (χ1) is 18.9. The number of hydrogen-bond donors (Lipinski definition) is 3. The van der Waals surface area contributed by atoms with Gasteiger partial charge < -0.3 is 25.7 Å². The highest BCUT2D eigenvalue weighted by Crippen LogP contribution is 2.30. The lowest BCUT2D eigenvalue weighted by atomic mass is 9.92. The van der Waals surface area contributed by atoms with Crippen molar-refractivity contribution in [3.8, 4) is 11.3 Å². The molecule has 3 aromatic heterocycles. The second-order valence-corrected chi connectivity index (χ2v) is 10.8. The van der Waals surface area contributed by atoms with E-state index >= 15 is 0 Å². The third kappa shape index (κ3) is 5.78. The second-order valence-electron chi connectivity index (χ2n) is 10.8. The summed E-state index contributed by atoms with van der Waals surface area (Å²) >= 11 is 0. The number of hydrogen-bond acceptors (Lipinski definition) is 8. The number of morpholine rings is 1. The Balaban J connectivity index is 1.13. The molecule has 1 amide bonds. The van der Waals surface area contributed by atoms with Crippen molar-refractivity contribution in [3.63, 3.8) is 0 Å². The van der Waals surface area contributed by atoms with Crippen LogP contribution < -0.4 is 16.0 Å². The molecular formula is C29H34N8O2. The van der Waals surface area contributed by atoms with Gasteiger partial charge in [-0.05, 0) is 67.8 Å². The number of carbonyl (C=O) groups is 1. The maximum atomic E-state index is 13.0. The number of benzene rings is 1. The van der Waals surface area contributed by atoms with E-state index < -0.39 is 0 Å². The maximum absolute atomic E-state index is 13.0. The fourth-order valence-electron chi connectivity index (χ4n) is 5.50. The molecular weight excluding hydrogens is 492 g/mol. The first-order valence-electron chi connectivity index (χ1n) is 13.5. The van der Waals surface area contributed by atoms with E-state index in [1.54, 1.807) is 12.5 Å². The maximum Gasteiger partial charge on any atom is 0.274 e. The zero-order valence-corrected chi connectivity index (χ0v) is 22.2. The number of nitrogens with two attached hydrogens (primary N) is 1. The summed E-state index contributed by atoms with van der Waals surface area (Å²) in [5, 5.41) is 3.96. The normalized spacial score (nSPS) is 20.3. The molecule has 202 valence electrons. The van der Waals surface area contributed by atoms with Gasteiger partial charge in [0.25, 0.3) is 5.91 Å². The number of fused-ring (bicyclic) bond motifs is 1. The van der Waals surface area contributed by atoms with Gasteiger partial charge in [-0.1, -0.05) is 12.1 Å². The van der Waals surface area contributed by atoms with Crippen molar-refractivity contribution in [1.29, 1.82) is 0 Å². The van der Waals surface area contributed by atoms with E-state index in [1.165, 1.54) is 0 Å². The molecule has 6 rings (SSSR count). The van der Waals surface area contributed by atoms with Gasteiger partial charge in [0, 0.05) is 49.3 Å². The van der Waals surface area contributed by atoms with Crippen LogP contribution in [0.15, 0.2) is 55.0 Å². The van der Waals surface area contributed by atoms with E-state index in [-0.39, 0.29) is 11.4 Å². The summed E-state index contributed by atoms with van der Waals surface area (Å²) in [6.07, 6.45) is 5.41. The van der Waals surface area contributed by atoms with E-state index in [0.717, 1.165) is 79.2 Å². The van der Waals surface area contributed by atoms with Crippen molar-refractivity contribution in [2.45, 2.75) is 31.8 Å². The van der Waals surface area contributed by atoms with Crippen LogP contribution in [0.25, 0.3) is 22.3 Å². The third-order valence-electron chi connectivity index (χ3n) is 7.44. The molecule has 10 heteroatoms. The van der Waals surface area contributed by atoms with Crippen molar-refractivity contribution in [2.24, 2.45) is 5.73 Å². The lowest BCUT2D eigenvalue weighted by Gasteiger charge is -2.37. The molecule has 2 aliphatic rings. The lowest BCUT2D eigenvalue weighted by Crippen LogP contribution is -2.51. The van der Waals surface area contributed by atoms with Crippen molar-refractivity contribution in [1.82, 2.24) is 24.8 Å². The second kappa shape index (κ2) is 10.7. The largest absolute Gasteiger partial charge is 0.378 e. The van der Waals surface area contributed by atoms with E-state index in [2.05, 4.69) is 48.0 Å². The minimum Gasteiger partial charge on any atom is -0.378 e. The van der Waals surface area contributed by atoms with Crippen molar-refractivity contribution in [2.75, 3.05) is 49.6 Å². The molecule has 0 aliphatic carbocycles. The average Bonchev–Trinajstić information content (AvgIpc) is 3.38. The fourth-order valence-corrected chi connectivity index (χ4v) is 5.50. The number of nitrogens with one attached hydrogen (secondary N) is 2. The Kier molecular flexibility index (Phi) is 6.99. The minimum absolute atomic E-state index is 0.164. The quantitative estimate of drug-likeness (QED) is 0.349. The summed E-state index contributed by atoms with van der Waals surface area (Å²) in [7, 11) is 0. The lowest BCUT2D eigenvalue weighted by molar-refractivity contribution is 0.102. The van der Waals surface area contributed by atoms with Gasteiger partial charge in [0.15, 0.2) is 0 Å². The van der Waals surface area contributed by atoms with Crippen LogP contribution in [0, 0.1) is 0 Å². The Morgan fingerprint density at radius 2 is 1.92 bits per heavy atom. The number of aromatic nitrogens is 4. The predicted octanol–water partition coefficient (Wildman–Crippen LogP) is 3.42. The van der Waals surface area contributed by atoms with Crippen molar-refractivity contribution < 1.29 is 9.53 Å². The summed E-state index contributed by atoms with van der Waals surface area (Å²) in [6.45, 7) is 7.73. The van der Waals surface area contributed by atoms with Gasteiger partial charge in [0.1, 0.15) is 23.5 Å². The summed E-state index contributed by atoms with van der Waals surface area (Å²) in [5.74, 6) is 0.685. The topological polar surface area (TPSA) is 125 Å².